The van der Waals surface area contributed by atoms with Gasteiger partial charge in [-0.05, 0) is 19.3 Å². The number of esters is 1. The predicted octanol–water partition coefficient (Wildman–Crippen LogP) is 11.3. The van der Waals surface area contributed by atoms with Crippen molar-refractivity contribution in [1.82, 2.24) is 0 Å². The molecule has 0 rings (SSSR count). The Kier molecular flexibility index (Phi) is 28.3. The molecule has 2 nitrogen and oxygen atoms in total. The molecular weight excluding hydrogens is 416 g/mol. The van der Waals surface area contributed by atoms with E-state index in [4.69, 9.17) is 4.74 Å². The summed E-state index contributed by atoms with van der Waals surface area (Å²) in [5.41, 5.74) is 0. The highest BCUT2D eigenvalue weighted by Crippen LogP contribution is 2.21. The molecule has 0 aliphatic carbocycles. The molecule has 0 aromatic heterocycles. The molecule has 1 atom stereocenters. The van der Waals surface area contributed by atoms with Gasteiger partial charge >= 0.3 is 5.97 Å². The highest BCUT2D eigenvalue weighted by Gasteiger charge is 2.19. The molecule has 0 aromatic rings. The maximum atomic E-state index is 12.8. The van der Waals surface area contributed by atoms with Crippen LogP contribution in [0.25, 0.3) is 0 Å². The average molecular weight is 481 g/mol. The fraction of sp³-hybridized carbons (Fsp3) is 0.969. The number of carbonyl (C=O) groups excluding carboxylic acids is 1. The van der Waals surface area contributed by atoms with E-state index in [0.29, 0.717) is 6.61 Å². The van der Waals surface area contributed by atoms with Crippen molar-refractivity contribution < 1.29 is 9.53 Å². The summed E-state index contributed by atoms with van der Waals surface area (Å²) in [6, 6.07) is 0. The average Bonchev–Trinajstić information content (AvgIpc) is 2.84. The van der Waals surface area contributed by atoms with Crippen molar-refractivity contribution in [2.75, 3.05) is 6.61 Å². The van der Waals surface area contributed by atoms with Gasteiger partial charge in [-0.3, -0.25) is 4.79 Å². The second-order valence-corrected chi connectivity index (χ2v) is 10.9. The molecule has 0 aromatic carbocycles. The summed E-state index contributed by atoms with van der Waals surface area (Å²) in [6.07, 6.45) is 33.8. The summed E-state index contributed by atoms with van der Waals surface area (Å²) in [5, 5.41) is 0. The zero-order valence-electron chi connectivity index (χ0n) is 24.0. The maximum Gasteiger partial charge on any atom is 0.308 e. The second kappa shape index (κ2) is 28.7. The minimum absolute atomic E-state index is 0.104. The van der Waals surface area contributed by atoms with Gasteiger partial charge in [0.15, 0.2) is 0 Å². The Balaban J connectivity index is 4.03. The number of hydrogen-bond donors (Lipinski definition) is 0. The van der Waals surface area contributed by atoms with Gasteiger partial charge in [-0.2, -0.15) is 0 Å². The molecule has 0 aliphatic rings. The maximum absolute atomic E-state index is 12.8. The van der Waals surface area contributed by atoms with Crippen LogP contribution < -0.4 is 0 Å². The van der Waals surface area contributed by atoms with E-state index < -0.39 is 0 Å². The van der Waals surface area contributed by atoms with Gasteiger partial charge in [-0.1, -0.05) is 168 Å². The Labute approximate surface area is 215 Å². The Morgan fingerprint density at radius 1 is 0.441 bits per heavy atom. The van der Waals surface area contributed by atoms with Crippen LogP contribution in [0.3, 0.4) is 0 Å². The number of ether oxygens (including phenoxy) is 1. The molecule has 0 amide bonds. The molecule has 0 heterocycles. The molecule has 0 N–H and O–H groups in total. The lowest BCUT2D eigenvalue weighted by atomic mass is 9.94. The normalized spacial score (nSPS) is 12.2. The lowest BCUT2D eigenvalue weighted by molar-refractivity contribution is -0.149. The fourth-order valence-electron chi connectivity index (χ4n) is 4.96. The molecule has 0 spiro atoms. The first kappa shape index (κ1) is 33.5. The quantitative estimate of drug-likeness (QED) is 0.0821. The summed E-state index contributed by atoms with van der Waals surface area (Å²) < 4.78 is 5.74. The number of hydrogen-bond acceptors (Lipinski definition) is 2. The van der Waals surface area contributed by atoms with Crippen molar-refractivity contribution in [3.05, 3.63) is 0 Å². The van der Waals surface area contributed by atoms with Gasteiger partial charge in [-0.15, -0.1) is 0 Å². The third-order valence-corrected chi connectivity index (χ3v) is 7.39. The van der Waals surface area contributed by atoms with E-state index >= 15 is 0 Å². The topological polar surface area (TPSA) is 26.3 Å². The van der Waals surface area contributed by atoms with E-state index in [9.17, 15) is 4.79 Å². The van der Waals surface area contributed by atoms with Gasteiger partial charge in [-0.25, -0.2) is 0 Å². The third kappa shape index (κ3) is 24.6. The zero-order valence-corrected chi connectivity index (χ0v) is 24.0. The van der Waals surface area contributed by atoms with E-state index in [1.54, 1.807) is 0 Å². The molecule has 0 saturated heterocycles. The van der Waals surface area contributed by atoms with Crippen LogP contribution in [0.5, 0.6) is 0 Å². The number of rotatable bonds is 28. The van der Waals surface area contributed by atoms with E-state index in [1.165, 1.54) is 148 Å². The predicted molar refractivity (Wildman–Crippen MR) is 152 cm³/mol. The third-order valence-electron chi connectivity index (χ3n) is 7.39. The molecule has 0 fully saturated rings. The molecule has 204 valence electrons. The highest BCUT2D eigenvalue weighted by atomic mass is 16.5. The van der Waals surface area contributed by atoms with Crippen molar-refractivity contribution >= 4 is 5.97 Å². The fourth-order valence-corrected chi connectivity index (χ4v) is 4.96. The SMILES string of the molecule is CCCCCCCCCCCCC(CCCCCCCCCC)C(=O)OCCCCCCCC. The zero-order chi connectivity index (χ0) is 25.0. The smallest absolute Gasteiger partial charge is 0.308 e. The monoisotopic (exact) mass is 480 g/mol. The standard InChI is InChI=1S/C32H64O2/c1-4-7-10-13-16-18-19-21-23-26-29-31(28-25-22-20-17-14-11-8-5-2)32(33)34-30-27-24-15-12-9-6-3/h31H,4-30H2,1-3H3. The van der Waals surface area contributed by atoms with E-state index in [-0.39, 0.29) is 11.9 Å². The van der Waals surface area contributed by atoms with Crippen molar-refractivity contribution in [3.63, 3.8) is 0 Å². The molecular formula is C32H64O2. The number of carbonyl (C=O) groups is 1. The summed E-state index contributed by atoms with van der Waals surface area (Å²) >= 11 is 0. The van der Waals surface area contributed by atoms with Crippen molar-refractivity contribution in [2.24, 2.45) is 5.92 Å². The summed E-state index contributed by atoms with van der Waals surface area (Å²) in [4.78, 5) is 12.8. The molecule has 0 saturated carbocycles. The Morgan fingerprint density at radius 2 is 0.735 bits per heavy atom. The van der Waals surface area contributed by atoms with E-state index in [0.717, 1.165) is 19.3 Å². The van der Waals surface area contributed by atoms with Crippen LogP contribution in [0.1, 0.15) is 188 Å². The second-order valence-electron chi connectivity index (χ2n) is 10.9. The first-order chi connectivity index (χ1) is 16.8. The van der Waals surface area contributed by atoms with Gasteiger partial charge in [0.05, 0.1) is 12.5 Å². The highest BCUT2D eigenvalue weighted by molar-refractivity contribution is 5.72. The summed E-state index contributed by atoms with van der Waals surface area (Å²) in [7, 11) is 0. The Morgan fingerprint density at radius 3 is 1.09 bits per heavy atom. The van der Waals surface area contributed by atoms with Crippen LogP contribution in [0, 0.1) is 5.92 Å². The Bertz CT molecular complexity index is 392. The largest absolute Gasteiger partial charge is 0.465 e. The van der Waals surface area contributed by atoms with Gasteiger partial charge in [0.25, 0.3) is 0 Å². The van der Waals surface area contributed by atoms with Crippen LogP contribution in [-0.2, 0) is 9.53 Å². The summed E-state index contributed by atoms with van der Waals surface area (Å²) in [5.74, 6) is 0.252. The molecule has 0 bridgehead atoms. The van der Waals surface area contributed by atoms with Gasteiger partial charge in [0.2, 0.25) is 0 Å². The molecule has 1 unspecified atom stereocenters. The minimum Gasteiger partial charge on any atom is -0.465 e. The number of unbranched alkanes of at least 4 members (excludes halogenated alkanes) is 21. The van der Waals surface area contributed by atoms with Gasteiger partial charge in [0, 0.05) is 0 Å². The minimum atomic E-state index is 0.104. The lowest BCUT2D eigenvalue weighted by Gasteiger charge is -2.16. The van der Waals surface area contributed by atoms with Crippen molar-refractivity contribution in [2.45, 2.75) is 188 Å². The molecule has 34 heavy (non-hydrogen) atoms. The first-order valence-corrected chi connectivity index (χ1v) is 15.9. The molecule has 2 heteroatoms. The lowest BCUT2D eigenvalue weighted by Crippen LogP contribution is -2.18. The Hall–Kier alpha value is -0.530. The van der Waals surface area contributed by atoms with Crippen molar-refractivity contribution in [1.29, 1.82) is 0 Å². The first-order valence-electron chi connectivity index (χ1n) is 15.9. The van der Waals surface area contributed by atoms with Crippen LogP contribution >= 0.6 is 0 Å². The van der Waals surface area contributed by atoms with Crippen LogP contribution in [-0.4, -0.2) is 12.6 Å². The van der Waals surface area contributed by atoms with Gasteiger partial charge in [0.1, 0.15) is 0 Å². The van der Waals surface area contributed by atoms with Gasteiger partial charge < -0.3 is 4.74 Å². The van der Waals surface area contributed by atoms with Crippen LogP contribution in [0.4, 0.5) is 0 Å². The summed E-state index contributed by atoms with van der Waals surface area (Å²) in [6.45, 7) is 7.45. The van der Waals surface area contributed by atoms with Crippen molar-refractivity contribution in [3.8, 4) is 0 Å². The molecule has 0 aliphatic heterocycles. The van der Waals surface area contributed by atoms with E-state index in [2.05, 4.69) is 20.8 Å². The molecule has 0 radical (unpaired) electrons. The van der Waals surface area contributed by atoms with E-state index in [1.807, 2.05) is 0 Å². The van der Waals surface area contributed by atoms with Crippen LogP contribution in [0.15, 0.2) is 0 Å². The van der Waals surface area contributed by atoms with Crippen LogP contribution in [0.2, 0.25) is 0 Å².